The normalized spacial score (nSPS) is 28.1. The van der Waals surface area contributed by atoms with Crippen molar-refractivity contribution in [2.24, 2.45) is 17.8 Å². The molecule has 47 heavy (non-hydrogen) atoms. The van der Waals surface area contributed by atoms with E-state index in [1.54, 1.807) is 19.6 Å². The van der Waals surface area contributed by atoms with E-state index in [0.29, 0.717) is 48.9 Å². The third-order valence-electron chi connectivity index (χ3n) is 11.9. The van der Waals surface area contributed by atoms with Crippen molar-refractivity contribution >= 4 is 17.3 Å². The Hall–Kier alpha value is -3.59. The molecular weight excluding hydrogens is 597 g/mol. The molecule has 8 nitrogen and oxygen atoms in total. The van der Waals surface area contributed by atoms with E-state index in [1.807, 2.05) is 24.0 Å². The summed E-state index contributed by atoms with van der Waals surface area (Å²) in [6, 6.07) is 5.94. The van der Waals surface area contributed by atoms with E-state index < -0.39 is 11.4 Å². The Morgan fingerprint density at radius 2 is 1.81 bits per heavy atom. The molecule has 2 aliphatic heterocycles. The van der Waals surface area contributed by atoms with Gasteiger partial charge in [-0.25, -0.2) is 4.39 Å². The van der Waals surface area contributed by atoms with Gasteiger partial charge in [0.2, 0.25) is 0 Å². The number of anilines is 1. The van der Waals surface area contributed by atoms with Crippen molar-refractivity contribution < 1.29 is 28.1 Å². The summed E-state index contributed by atoms with van der Waals surface area (Å²) < 4.78 is 39.5. The van der Waals surface area contributed by atoms with Gasteiger partial charge in [-0.05, 0) is 93.9 Å². The van der Waals surface area contributed by atoms with Gasteiger partial charge in [0.1, 0.15) is 11.6 Å². The number of hydrogen-bond acceptors (Lipinski definition) is 7. The SMILES string of the molecule is CCOc1cc2c(c(F)c1OCC)C(=N)N(CC(=O)c1cc(N3CCOCC3)c(OC)c(C34CC(C)C=C5CC(C3)C5C4)c1)C21CC1. The van der Waals surface area contributed by atoms with Crippen molar-refractivity contribution in [3.05, 3.63) is 57.9 Å². The number of carbonyl (C=O) groups excluding carboxylic acids is 1. The fourth-order valence-corrected chi connectivity index (χ4v) is 9.77. The number of rotatable bonds is 10. The molecule has 0 aromatic heterocycles. The lowest BCUT2D eigenvalue weighted by molar-refractivity contribution is 0.0943. The lowest BCUT2D eigenvalue weighted by atomic mass is 9.68. The molecule has 0 radical (unpaired) electrons. The number of morpholine rings is 1. The second-order valence-electron chi connectivity index (χ2n) is 14.6. The van der Waals surface area contributed by atoms with Gasteiger partial charge < -0.3 is 28.7 Å². The maximum absolute atomic E-state index is 16.1. The van der Waals surface area contributed by atoms with Crippen molar-refractivity contribution in [3.63, 3.8) is 0 Å². The number of benzene rings is 2. The Labute approximate surface area is 276 Å². The van der Waals surface area contributed by atoms with Gasteiger partial charge in [0.05, 0.1) is 56.9 Å². The van der Waals surface area contributed by atoms with Crippen LogP contribution in [-0.4, -0.2) is 69.7 Å². The lowest BCUT2D eigenvalue weighted by Crippen LogP contribution is -2.39. The van der Waals surface area contributed by atoms with Gasteiger partial charge in [-0.2, -0.15) is 0 Å². The molecule has 8 rings (SSSR count). The summed E-state index contributed by atoms with van der Waals surface area (Å²) in [6.45, 7) is 9.34. The molecule has 9 heteroatoms. The molecule has 2 aromatic rings. The minimum absolute atomic E-state index is 0.00440. The van der Waals surface area contributed by atoms with E-state index in [-0.39, 0.29) is 41.5 Å². The minimum atomic E-state index is -0.579. The number of methoxy groups -OCH3 is 1. The predicted octanol–water partition coefficient (Wildman–Crippen LogP) is 6.62. The van der Waals surface area contributed by atoms with Gasteiger partial charge in [0.25, 0.3) is 0 Å². The molecule has 0 amide bonds. The van der Waals surface area contributed by atoms with Crippen LogP contribution in [-0.2, 0) is 15.7 Å². The van der Waals surface area contributed by atoms with E-state index in [2.05, 4.69) is 24.0 Å². The average Bonchev–Trinajstić information content (AvgIpc) is 3.78. The molecule has 250 valence electrons. The summed E-state index contributed by atoms with van der Waals surface area (Å²) in [6.07, 6.45) is 8.46. The smallest absolute Gasteiger partial charge is 0.197 e. The second kappa shape index (κ2) is 11.2. The monoisotopic (exact) mass is 643 g/mol. The molecule has 4 atom stereocenters. The van der Waals surface area contributed by atoms with Crippen LogP contribution in [0.15, 0.2) is 29.8 Å². The Balaban J connectivity index is 1.19. The molecule has 1 N–H and O–H groups in total. The Kier molecular flexibility index (Phi) is 7.35. The lowest BCUT2D eigenvalue weighted by Gasteiger charge is -2.38. The summed E-state index contributed by atoms with van der Waals surface area (Å²) >= 11 is 0. The van der Waals surface area contributed by atoms with Crippen LogP contribution in [0.25, 0.3) is 0 Å². The third-order valence-corrected chi connectivity index (χ3v) is 11.9. The highest BCUT2D eigenvalue weighted by atomic mass is 19.1. The molecule has 1 saturated heterocycles. The highest BCUT2D eigenvalue weighted by Crippen LogP contribution is 2.65. The molecule has 3 saturated carbocycles. The van der Waals surface area contributed by atoms with E-state index in [4.69, 9.17) is 18.9 Å². The zero-order chi connectivity index (χ0) is 32.7. The Morgan fingerprint density at radius 3 is 2.51 bits per heavy atom. The van der Waals surface area contributed by atoms with Crippen LogP contribution in [0.4, 0.5) is 10.1 Å². The first-order valence-electron chi connectivity index (χ1n) is 17.5. The van der Waals surface area contributed by atoms with Crippen molar-refractivity contribution in [2.75, 3.05) is 58.1 Å². The Morgan fingerprint density at radius 1 is 1.04 bits per heavy atom. The fourth-order valence-electron chi connectivity index (χ4n) is 9.77. The zero-order valence-corrected chi connectivity index (χ0v) is 28.0. The summed E-state index contributed by atoms with van der Waals surface area (Å²) in [5, 5.41) is 9.18. The van der Waals surface area contributed by atoms with Crippen molar-refractivity contribution in [1.29, 1.82) is 5.41 Å². The molecule has 1 spiro atoms. The maximum atomic E-state index is 16.1. The highest BCUT2D eigenvalue weighted by molar-refractivity contribution is 6.08. The maximum Gasteiger partial charge on any atom is 0.197 e. The van der Waals surface area contributed by atoms with Crippen LogP contribution in [0.3, 0.4) is 0 Å². The van der Waals surface area contributed by atoms with Gasteiger partial charge in [-0.1, -0.05) is 18.6 Å². The molecule has 2 aromatic carbocycles. The summed E-state index contributed by atoms with van der Waals surface area (Å²) in [5.41, 5.74) is 4.66. The second-order valence-corrected chi connectivity index (χ2v) is 14.6. The minimum Gasteiger partial charge on any atom is -0.494 e. The van der Waals surface area contributed by atoms with Gasteiger partial charge >= 0.3 is 0 Å². The summed E-state index contributed by atoms with van der Waals surface area (Å²) in [7, 11) is 1.76. The first-order chi connectivity index (χ1) is 22.7. The standard InChI is InChI=1S/C38H46FN3O5/c1-5-46-31-17-27-32(33(39)35(31)47-6-2)36(40)42(38(27)7-8-38)21-30(43)24-15-28(34(44-4)29(16-24)41-9-11-45-12-10-41)37-18-22(3)13-23-14-25(19-37)26(23)20-37/h13,15-17,22,25-26,40H,5-12,14,18-21H2,1-4H3. The van der Waals surface area contributed by atoms with Gasteiger partial charge in [0.15, 0.2) is 23.1 Å². The fraction of sp³-hybridized carbons (Fsp3) is 0.579. The third kappa shape index (κ3) is 4.62. The van der Waals surface area contributed by atoms with Crippen LogP contribution in [0.2, 0.25) is 0 Å². The van der Waals surface area contributed by atoms with Crippen LogP contribution >= 0.6 is 0 Å². The van der Waals surface area contributed by atoms with Crippen LogP contribution < -0.4 is 19.1 Å². The molecule has 2 bridgehead atoms. The number of ether oxygens (including phenoxy) is 4. The van der Waals surface area contributed by atoms with E-state index in [9.17, 15) is 10.2 Å². The number of Topliss-reactive ketones (excluding diaryl/α,β-unsaturated/α-hetero) is 1. The molecular formula is C38H46FN3O5. The number of ketones is 1. The summed E-state index contributed by atoms with van der Waals surface area (Å²) in [5.74, 6) is 2.46. The van der Waals surface area contributed by atoms with E-state index in [0.717, 1.165) is 67.8 Å². The predicted molar refractivity (Wildman–Crippen MR) is 178 cm³/mol. The van der Waals surface area contributed by atoms with Crippen LogP contribution in [0.5, 0.6) is 17.2 Å². The Bertz CT molecular complexity index is 1680. The number of allylic oxidation sites excluding steroid dienone is 2. The van der Waals surface area contributed by atoms with Gasteiger partial charge in [-0.15, -0.1) is 0 Å². The number of carbonyl (C=O) groups is 1. The topological polar surface area (TPSA) is 84.3 Å². The summed E-state index contributed by atoms with van der Waals surface area (Å²) in [4.78, 5) is 18.7. The van der Waals surface area contributed by atoms with Crippen molar-refractivity contribution in [1.82, 2.24) is 4.90 Å². The number of hydrogen-bond donors (Lipinski definition) is 1. The molecule has 2 heterocycles. The number of amidine groups is 1. The number of fused-ring (bicyclic) bond motifs is 3. The van der Waals surface area contributed by atoms with Crippen molar-refractivity contribution in [3.8, 4) is 17.2 Å². The number of halogens is 1. The highest BCUT2D eigenvalue weighted by Gasteiger charge is 2.59. The number of nitrogens with zero attached hydrogens (tertiary/aromatic N) is 2. The molecule has 4 unspecified atom stereocenters. The molecule has 4 fully saturated rings. The molecule has 6 aliphatic rings. The quantitative estimate of drug-likeness (QED) is 0.230. The zero-order valence-electron chi connectivity index (χ0n) is 28.0. The van der Waals surface area contributed by atoms with Crippen LogP contribution in [0, 0.1) is 29.0 Å². The first-order valence-corrected chi connectivity index (χ1v) is 17.5. The van der Waals surface area contributed by atoms with Crippen molar-refractivity contribution in [2.45, 2.75) is 70.3 Å². The largest absolute Gasteiger partial charge is 0.494 e. The van der Waals surface area contributed by atoms with E-state index >= 15 is 4.39 Å². The first kappa shape index (κ1) is 30.7. The van der Waals surface area contributed by atoms with Gasteiger partial charge in [0, 0.05) is 29.6 Å². The van der Waals surface area contributed by atoms with E-state index in [1.165, 1.54) is 6.42 Å². The average molecular weight is 644 g/mol. The molecule has 4 aliphatic carbocycles. The van der Waals surface area contributed by atoms with Gasteiger partial charge in [-0.3, -0.25) is 10.2 Å². The van der Waals surface area contributed by atoms with Crippen LogP contribution in [0.1, 0.15) is 86.3 Å². The number of nitrogens with one attached hydrogen (secondary N) is 1.